The third-order valence-corrected chi connectivity index (χ3v) is 5.04. The van der Waals surface area contributed by atoms with Gasteiger partial charge >= 0.3 is 6.09 Å². The molecule has 2 rings (SSSR count). The lowest BCUT2D eigenvalue weighted by Gasteiger charge is -2.47. The van der Waals surface area contributed by atoms with Gasteiger partial charge in [0.15, 0.2) is 5.82 Å². The summed E-state index contributed by atoms with van der Waals surface area (Å²) in [5.41, 5.74) is 0.385. The van der Waals surface area contributed by atoms with Crippen molar-refractivity contribution in [3.8, 4) is 23.1 Å². The van der Waals surface area contributed by atoms with Gasteiger partial charge < -0.3 is 9.84 Å². The van der Waals surface area contributed by atoms with Gasteiger partial charge in [0.05, 0.1) is 16.8 Å². The molecule has 0 saturated carbocycles. The number of carboxylic acid groups (broad SMARTS) is 1. The minimum atomic E-state index is -0.998. The fourth-order valence-corrected chi connectivity index (χ4v) is 4.19. The van der Waals surface area contributed by atoms with Crippen molar-refractivity contribution in [1.29, 1.82) is 5.26 Å². The van der Waals surface area contributed by atoms with E-state index in [-0.39, 0.29) is 12.5 Å². The quantitative estimate of drug-likeness (QED) is 0.576. The molecule has 0 aliphatic rings. The second-order valence-electron chi connectivity index (χ2n) is 9.50. The smallest absolute Gasteiger partial charge is 0.408 e. The van der Waals surface area contributed by atoms with Gasteiger partial charge in [-0.2, -0.15) is 5.26 Å². The highest BCUT2D eigenvalue weighted by molar-refractivity contribution is 5.67. The molecule has 0 saturated heterocycles. The molecule has 1 aromatic heterocycles. The molecule has 1 amide bonds. The first-order chi connectivity index (χ1) is 14.9. The Hall–Kier alpha value is -3.40. The maximum absolute atomic E-state index is 12.2. The van der Waals surface area contributed by atoms with E-state index in [4.69, 9.17) is 4.74 Å². The van der Waals surface area contributed by atoms with Gasteiger partial charge in [0.1, 0.15) is 18.4 Å². The van der Waals surface area contributed by atoms with Gasteiger partial charge in [-0.25, -0.2) is 14.8 Å². The lowest BCUT2D eigenvalue weighted by atomic mass is 9.86. The molecular weight excluding hydrogens is 404 g/mol. The topological polar surface area (TPSA) is 99.3 Å². The van der Waals surface area contributed by atoms with Crippen LogP contribution in [0.2, 0.25) is 0 Å². The molecule has 170 valence electrons. The minimum absolute atomic E-state index is 0.122. The summed E-state index contributed by atoms with van der Waals surface area (Å²) in [4.78, 5) is 22.1. The summed E-state index contributed by atoms with van der Waals surface area (Å²) >= 11 is 0. The minimum Gasteiger partial charge on any atom is -0.490 e. The Morgan fingerprint density at radius 1 is 1.31 bits per heavy atom. The van der Waals surface area contributed by atoms with Gasteiger partial charge in [-0.1, -0.05) is 20.4 Å². The van der Waals surface area contributed by atoms with Crippen LogP contribution in [0, 0.1) is 17.2 Å². The summed E-state index contributed by atoms with van der Waals surface area (Å²) in [7, 11) is 0. The predicted octanol–water partition coefficient (Wildman–Crippen LogP) is 5.62. The fourth-order valence-electron chi connectivity index (χ4n) is 4.19. The standard InChI is InChI=1S/C25H32N4O3/c1-8-22-27-12-11-20(28-22)18-9-10-21(19(13-18)15-26)32-16-25(7,14-17(2)3)29(23(30)31)24(4,5)6/h8-13,17H,1,14,16H2,2-7H3,(H,30,31). The van der Waals surface area contributed by atoms with E-state index in [0.717, 1.165) is 5.56 Å². The molecule has 7 nitrogen and oxygen atoms in total. The summed E-state index contributed by atoms with van der Waals surface area (Å²) in [5, 5.41) is 19.7. The van der Waals surface area contributed by atoms with Crippen LogP contribution >= 0.6 is 0 Å². The van der Waals surface area contributed by atoms with Gasteiger partial charge in [0.2, 0.25) is 0 Å². The van der Waals surface area contributed by atoms with Gasteiger partial charge in [0.25, 0.3) is 0 Å². The number of benzene rings is 1. The summed E-state index contributed by atoms with van der Waals surface area (Å²) in [5.74, 6) is 1.16. The molecule has 1 atom stereocenters. The van der Waals surface area contributed by atoms with E-state index >= 15 is 0 Å². The summed E-state index contributed by atoms with van der Waals surface area (Å²) in [6, 6.07) is 9.20. The molecular formula is C25H32N4O3. The Balaban J connectivity index is 2.38. The molecule has 1 unspecified atom stereocenters. The zero-order chi connectivity index (χ0) is 24.1. The lowest BCUT2D eigenvalue weighted by molar-refractivity contribution is -0.0109. The molecule has 7 heteroatoms. The van der Waals surface area contributed by atoms with Crippen molar-refractivity contribution >= 4 is 12.2 Å². The van der Waals surface area contributed by atoms with Crippen LogP contribution in [0.25, 0.3) is 17.3 Å². The number of rotatable bonds is 8. The monoisotopic (exact) mass is 436 g/mol. The van der Waals surface area contributed by atoms with E-state index in [1.165, 1.54) is 4.90 Å². The molecule has 0 bridgehead atoms. The Bertz CT molecular complexity index is 1020. The van der Waals surface area contributed by atoms with Gasteiger partial charge in [-0.15, -0.1) is 0 Å². The number of hydrogen-bond donors (Lipinski definition) is 1. The number of nitrogens with zero attached hydrogens (tertiary/aromatic N) is 4. The maximum atomic E-state index is 12.2. The van der Waals surface area contributed by atoms with Gasteiger partial charge in [-0.05, 0) is 70.4 Å². The Morgan fingerprint density at radius 2 is 2.00 bits per heavy atom. The van der Waals surface area contributed by atoms with E-state index in [9.17, 15) is 15.2 Å². The highest BCUT2D eigenvalue weighted by atomic mass is 16.5. The van der Waals surface area contributed by atoms with Gasteiger partial charge in [-0.3, -0.25) is 4.90 Å². The number of ether oxygens (including phenoxy) is 1. The first kappa shape index (κ1) is 24.9. The van der Waals surface area contributed by atoms with Crippen LogP contribution in [0.1, 0.15) is 59.4 Å². The van der Waals surface area contributed by atoms with E-state index in [1.54, 1.807) is 30.5 Å². The third kappa shape index (κ3) is 5.85. The van der Waals surface area contributed by atoms with Crippen molar-refractivity contribution in [2.45, 2.75) is 59.0 Å². The average Bonchev–Trinajstić information content (AvgIpc) is 2.70. The number of nitriles is 1. The number of carbonyl (C=O) groups is 1. The van der Waals surface area contributed by atoms with Crippen LogP contribution in [0.4, 0.5) is 4.79 Å². The van der Waals surface area contributed by atoms with Crippen molar-refractivity contribution < 1.29 is 14.6 Å². The molecule has 0 spiro atoms. The van der Waals surface area contributed by atoms with Gasteiger partial charge in [0, 0.05) is 17.3 Å². The third-order valence-electron chi connectivity index (χ3n) is 5.04. The van der Waals surface area contributed by atoms with Crippen LogP contribution < -0.4 is 4.74 Å². The normalized spacial score (nSPS) is 13.2. The Kier molecular flexibility index (Phi) is 7.63. The highest BCUT2D eigenvalue weighted by Crippen LogP contribution is 2.33. The molecule has 32 heavy (non-hydrogen) atoms. The van der Waals surface area contributed by atoms with Crippen molar-refractivity contribution in [2.24, 2.45) is 5.92 Å². The second-order valence-corrected chi connectivity index (χ2v) is 9.50. The van der Waals surface area contributed by atoms with E-state index in [1.807, 2.05) is 33.8 Å². The molecule has 0 fully saturated rings. The number of aromatic nitrogens is 2. The molecule has 0 radical (unpaired) electrons. The van der Waals surface area contributed by atoms with Crippen molar-refractivity contribution in [1.82, 2.24) is 14.9 Å². The average molecular weight is 437 g/mol. The zero-order valence-corrected chi connectivity index (χ0v) is 19.7. The van der Waals surface area contributed by atoms with Crippen LogP contribution in [0.5, 0.6) is 5.75 Å². The zero-order valence-electron chi connectivity index (χ0n) is 19.7. The van der Waals surface area contributed by atoms with Crippen molar-refractivity contribution in [3.05, 3.63) is 48.4 Å². The summed E-state index contributed by atoms with van der Waals surface area (Å²) < 4.78 is 6.08. The molecule has 1 aromatic carbocycles. The van der Waals surface area contributed by atoms with E-state index in [2.05, 4.69) is 36.5 Å². The first-order valence-electron chi connectivity index (χ1n) is 10.6. The molecule has 0 aliphatic heterocycles. The highest BCUT2D eigenvalue weighted by Gasteiger charge is 2.43. The van der Waals surface area contributed by atoms with E-state index in [0.29, 0.717) is 29.3 Å². The van der Waals surface area contributed by atoms with Crippen LogP contribution in [0.15, 0.2) is 37.0 Å². The summed E-state index contributed by atoms with van der Waals surface area (Å²) in [6.45, 7) is 15.4. The SMILES string of the molecule is C=Cc1nccc(-c2ccc(OCC(C)(CC(C)C)N(C(=O)O)C(C)(C)C)c(C#N)c2)n1. The predicted molar refractivity (Wildman–Crippen MR) is 125 cm³/mol. The largest absolute Gasteiger partial charge is 0.490 e. The van der Waals surface area contributed by atoms with Crippen LogP contribution in [0.3, 0.4) is 0 Å². The lowest BCUT2D eigenvalue weighted by Crippen LogP contribution is -2.61. The molecule has 1 N–H and O–H groups in total. The van der Waals surface area contributed by atoms with Crippen LogP contribution in [-0.2, 0) is 0 Å². The maximum Gasteiger partial charge on any atom is 0.408 e. The van der Waals surface area contributed by atoms with Crippen LogP contribution in [-0.4, -0.2) is 43.8 Å². The fraction of sp³-hybridized carbons (Fsp3) is 0.440. The number of amides is 1. The Morgan fingerprint density at radius 3 is 2.53 bits per heavy atom. The first-order valence-corrected chi connectivity index (χ1v) is 10.6. The molecule has 0 aliphatic carbocycles. The summed E-state index contributed by atoms with van der Waals surface area (Å²) in [6.07, 6.45) is 2.81. The van der Waals surface area contributed by atoms with Crippen molar-refractivity contribution in [2.75, 3.05) is 6.61 Å². The van der Waals surface area contributed by atoms with E-state index < -0.39 is 17.2 Å². The Labute approximate surface area is 190 Å². The number of hydrogen-bond acceptors (Lipinski definition) is 5. The molecule has 2 aromatic rings. The second kappa shape index (κ2) is 9.82. The van der Waals surface area contributed by atoms with Crippen molar-refractivity contribution in [3.63, 3.8) is 0 Å². The molecule has 1 heterocycles.